The van der Waals surface area contributed by atoms with Crippen molar-refractivity contribution < 1.29 is 0 Å². The maximum absolute atomic E-state index is 6.57. The highest BCUT2D eigenvalue weighted by atomic mass is 35.5. The largest absolute Gasteiger partial charge is 0.358 e. The van der Waals surface area contributed by atoms with Crippen molar-refractivity contribution >= 4 is 29.7 Å². The fraction of sp³-hybridized carbons (Fsp3) is 0.562. The van der Waals surface area contributed by atoms with Gasteiger partial charge < -0.3 is 15.2 Å². The van der Waals surface area contributed by atoms with Crippen LogP contribution >= 0.6 is 11.6 Å². The maximum atomic E-state index is 6.57. The van der Waals surface area contributed by atoms with Gasteiger partial charge in [-0.05, 0) is 20.3 Å². The summed E-state index contributed by atoms with van der Waals surface area (Å²) in [6, 6.07) is 0.601. The maximum Gasteiger partial charge on any atom is 0.139 e. The number of hydrogen-bond donors (Lipinski definition) is 2. The van der Waals surface area contributed by atoms with Crippen molar-refractivity contribution in [2.75, 3.05) is 19.6 Å². The molecular weight excluding hydrogens is 284 g/mol. The Balaban J connectivity index is 2.15. The molecule has 21 heavy (non-hydrogen) atoms. The van der Waals surface area contributed by atoms with Gasteiger partial charge in [-0.3, -0.25) is 0 Å². The number of fused-ring (bicyclic) bond motifs is 1. The zero-order valence-corrected chi connectivity index (χ0v) is 13.7. The molecule has 5 heteroatoms. The zero-order chi connectivity index (χ0) is 15.1. The van der Waals surface area contributed by atoms with E-state index in [0.717, 1.165) is 64.8 Å². The van der Waals surface area contributed by atoms with Crippen molar-refractivity contribution in [2.24, 2.45) is 10.9 Å². The van der Waals surface area contributed by atoms with Gasteiger partial charge in [0.2, 0.25) is 0 Å². The Labute approximate surface area is 130 Å². The summed E-state index contributed by atoms with van der Waals surface area (Å²) in [6.07, 6.45) is 0.871. The SMILES string of the molecule is C=c1[nH]c(CC)c(Cl)/c1=C(/N=C(C)C)N1CC2CNC2C1. The van der Waals surface area contributed by atoms with Gasteiger partial charge in [-0.1, -0.05) is 25.1 Å². The number of likely N-dealkylation sites (tertiary alicyclic amines) is 1. The van der Waals surface area contributed by atoms with E-state index in [2.05, 4.69) is 28.7 Å². The van der Waals surface area contributed by atoms with Crippen molar-refractivity contribution in [1.29, 1.82) is 0 Å². The van der Waals surface area contributed by atoms with E-state index in [1.807, 2.05) is 13.8 Å². The van der Waals surface area contributed by atoms with E-state index in [9.17, 15) is 0 Å². The highest BCUT2D eigenvalue weighted by molar-refractivity contribution is 6.31. The molecule has 0 bridgehead atoms. The minimum atomic E-state index is 0.601. The average molecular weight is 307 g/mol. The number of aliphatic imine (C=N–C) groups is 1. The highest BCUT2D eigenvalue weighted by Crippen LogP contribution is 2.27. The first-order valence-electron chi connectivity index (χ1n) is 7.61. The Morgan fingerprint density at radius 1 is 1.43 bits per heavy atom. The van der Waals surface area contributed by atoms with Crippen molar-refractivity contribution in [3.05, 3.63) is 21.3 Å². The predicted molar refractivity (Wildman–Crippen MR) is 89.0 cm³/mol. The van der Waals surface area contributed by atoms with Crippen LogP contribution in [0.2, 0.25) is 5.02 Å². The molecule has 4 nitrogen and oxygen atoms in total. The lowest BCUT2D eigenvalue weighted by molar-refractivity contribution is 0.297. The van der Waals surface area contributed by atoms with Crippen LogP contribution in [-0.4, -0.2) is 41.3 Å². The van der Waals surface area contributed by atoms with Gasteiger partial charge in [-0.15, -0.1) is 0 Å². The molecule has 2 aliphatic heterocycles. The fourth-order valence-electron chi connectivity index (χ4n) is 3.18. The van der Waals surface area contributed by atoms with E-state index in [1.165, 1.54) is 0 Å². The van der Waals surface area contributed by atoms with Crippen molar-refractivity contribution in [3.8, 4) is 0 Å². The van der Waals surface area contributed by atoms with Gasteiger partial charge in [0.25, 0.3) is 0 Å². The number of aryl methyl sites for hydroxylation is 1. The monoisotopic (exact) mass is 306 g/mol. The van der Waals surface area contributed by atoms with E-state index < -0.39 is 0 Å². The Kier molecular flexibility index (Phi) is 3.84. The lowest BCUT2D eigenvalue weighted by Gasteiger charge is -2.29. The quantitative estimate of drug-likeness (QED) is 0.821. The molecule has 1 aromatic rings. The third-order valence-corrected chi connectivity index (χ3v) is 4.79. The van der Waals surface area contributed by atoms with E-state index in [-0.39, 0.29) is 0 Å². The van der Waals surface area contributed by atoms with E-state index >= 15 is 0 Å². The van der Waals surface area contributed by atoms with Crippen molar-refractivity contribution in [3.63, 3.8) is 0 Å². The summed E-state index contributed by atoms with van der Waals surface area (Å²) < 4.78 is 0. The van der Waals surface area contributed by atoms with Crippen LogP contribution in [0.4, 0.5) is 0 Å². The van der Waals surface area contributed by atoms with Crippen LogP contribution < -0.4 is 15.9 Å². The molecule has 2 aliphatic rings. The molecule has 2 fully saturated rings. The van der Waals surface area contributed by atoms with Crippen molar-refractivity contribution in [2.45, 2.75) is 33.2 Å². The molecule has 3 rings (SSSR count). The number of hydrogen-bond acceptors (Lipinski definition) is 3. The lowest BCUT2D eigenvalue weighted by atomic mass is 9.96. The number of H-pyrrole nitrogens is 1. The summed E-state index contributed by atoms with van der Waals surface area (Å²) in [5.41, 5.74) is 2.07. The smallest absolute Gasteiger partial charge is 0.139 e. The molecule has 0 radical (unpaired) electrons. The van der Waals surface area contributed by atoms with Crippen LogP contribution in [0, 0.1) is 5.92 Å². The second-order valence-corrected chi connectivity index (χ2v) is 6.57. The van der Waals surface area contributed by atoms with Crippen LogP contribution in [0.5, 0.6) is 0 Å². The van der Waals surface area contributed by atoms with E-state index in [1.54, 1.807) is 0 Å². The first kappa shape index (κ1) is 14.7. The molecule has 3 heterocycles. The standard InChI is InChI=1S/C16H23ClN4/c1-5-12-15(17)14(10(4)20-12)16(19-9(2)3)21-7-11-6-18-13(11)8-21/h11,13,18,20H,4-8H2,1-3H3/b16-14-. The summed E-state index contributed by atoms with van der Waals surface area (Å²) in [5.74, 6) is 1.71. The first-order chi connectivity index (χ1) is 10.0. The fourth-order valence-corrected chi connectivity index (χ4v) is 3.56. The highest BCUT2D eigenvalue weighted by Gasteiger charge is 2.40. The van der Waals surface area contributed by atoms with Gasteiger partial charge in [0.15, 0.2) is 0 Å². The minimum Gasteiger partial charge on any atom is -0.358 e. The number of rotatable bonds is 3. The molecular formula is C16H23ClN4. The summed E-state index contributed by atoms with van der Waals surface area (Å²) >= 11 is 6.57. The number of aromatic amines is 1. The van der Waals surface area contributed by atoms with Crippen LogP contribution in [0.25, 0.3) is 12.4 Å². The van der Waals surface area contributed by atoms with E-state index in [4.69, 9.17) is 16.6 Å². The van der Waals surface area contributed by atoms with Crippen LogP contribution in [0.3, 0.4) is 0 Å². The topological polar surface area (TPSA) is 43.4 Å². The van der Waals surface area contributed by atoms with Crippen LogP contribution in [0.15, 0.2) is 4.99 Å². The Bertz CT molecular complexity index is 672. The molecule has 0 amide bonds. The molecule has 0 saturated carbocycles. The predicted octanol–water partition coefficient (Wildman–Crippen LogP) is 1.09. The van der Waals surface area contributed by atoms with Gasteiger partial charge in [0.05, 0.1) is 10.2 Å². The van der Waals surface area contributed by atoms with Crippen LogP contribution in [0.1, 0.15) is 26.5 Å². The van der Waals surface area contributed by atoms with Crippen molar-refractivity contribution in [1.82, 2.24) is 15.2 Å². The summed E-state index contributed by atoms with van der Waals surface area (Å²) in [7, 11) is 0. The second kappa shape index (κ2) is 5.50. The zero-order valence-electron chi connectivity index (χ0n) is 13.0. The molecule has 114 valence electrons. The first-order valence-corrected chi connectivity index (χ1v) is 7.98. The third kappa shape index (κ3) is 2.51. The van der Waals surface area contributed by atoms with E-state index in [0.29, 0.717) is 6.04 Å². The number of nitrogens with zero attached hydrogens (tertiary/aromatic N) is 2. The van der Waals surface area contributed by atoms with Gasteiger partial charge in [-0.2, -0.15) is 0 Å². The van der Waals surface area contributed by atoms with Crippen LogP contribution in [-0.2, 0) is 6.42 Å². The van der Waals surface area contributed by atoms with Gasteiger partial charge >= 0.3 is 0 Å². The lowest BCUT2D eigenvalue weighted by Crippen LogP contribution is -2.51. The minimum absolute atomic E-state index is 0.601. The molecule has 0 aliphatic carbocycles. The Morgan fingerprint density at radius 3 is 2.62 bits per heavy atom. The molecule has 2 atom stereocenters. The Hall–Kier alpha value is -1.26. The number of aromatic nitrogens is 1. The molecule has 0 spiro atoms. The molecule has 1 aromatic heterocycles. The molecule has 2 unspecified atom stereocenters. The summed E-state index contributed by atoms with van der Waals surface area (Å²) in [4.78, 5) is 10.4. The summed E-state index contributed by atoms with van der Waals surface area (Å²) in [6.45, 7) is 13.4. The molecule has 2 N–H and O–H groups in total. The number of nitrogens with one attached hydrogen (secondary N) is 2. The Morgan fingerprint density at radius 2 is 2.19 bits per heavy atom. The van der Waals surface area contributed by atoms with Gasteiger partial charge in [0, 0.05) is 48.3 Å². The number of halogens is 1. The average Bonchev–Trinajstić information content (AvgIpc) is 2.85. The summed E-state index contributed by atoms with van der Waals surface area (Å²) in [5, 5.41) is 6.09. The van der Waals surface area contributed by atoms with Gasteiger partial charge in [-0.25, -0.2) is 4.99 Å². The molecule has 2 saturated heterocycles. The third-order valence-electron chi connectivity index (χ3n) is 4.38. The second-order valence-electron chi connectivity index (χ2n) is 6.19. The van der Waals surface area contributed by atoms with Gasteiger partial charge in [0.1, 0.15) is 5.82 Å². The normalized spacial score (nSPS) is 25.4. The molecule has 0 aromatic carbocycles.